The van der Waals surface area contributed by atoms with Crippen LogP contribution in [0, 0.1) is 5.92 Å². The van der Waals surface area contributed by atoms with Crippen LogP contribution in [0.2, 0.25) is 0 Å². The van der Waals surface area contributed by atoms with Gasteiger partial charge in [-0.2, -0.15) is 0 Å². The van der Waals surface area contributed by atoms with Crippen molar-refractivity contribution in [2.45, 2.75) is 51.7 Å². The minimum atomic E-state index is -0.0353. The van der Waals surface area contributed by atoms with Gasteiger partial charge in [0.15, 0.2) is 0 Å². The monoisotopic (exact) mass is 245 g/mol. The predicted molar refractivity (Wildman–Crippen MR) is 73.9 cm³/mol. The fourth-order valence-corrected chi connectivity index (χ4v) is 2.93. The molecule has 1 aromatic carbocycles. The second-order valence-corrected chi connectivity index (χ2v) is 6.37. The van der Waals surface area contributed by atoms with Gasteiger partial charge in [-0.15, -0.1) is 0 Å². The van der Waals surface area contributed by atoms with Crippen molar-refractivity contribution in [3.63, 3.8) is 0 Å². The second-order valence-electron chi connectivity index (χ2n) is 6.37. The molecule has 2 nitrogen and oxygen atoms in total. The average molecular weight is 245 g/mol. The van der Waals surface area contributed by atoms with Crippen molar-refractivity contribution in [1.82, 2.24) is 5.32 Å². The van der Waals surface area contributed by atoms with Crippen molar-refractivity contribution in [2.24, 2.45) is 5.92 Å². The van der Waals surface area contributed by atoms with Crippen LogP contribution in [0.25, 0.3) is 0 Å². The van der Waals surface area contributed by atoms with E-state index in [0.717, 1.165) is 31.2 Å². The van der Waals surface area contributed by atoms with Crippen LogP contribution < -0.4 is 10.1 Å². The molecule has 18 heavy (non-hydrogen) atoms. The van der Waals surface area contributed by atoms with E-state index in [1.807, 2.05) is 0 Å². The van der Waals surface area contributed by atoms with E-state index in [1.54, 1.807) is 0 Å². The Morgan fingerprint density at radius 1 is 1.33 bits per heavy atom. The molecular weight excluding hydrogens is 222 g/mol. The third kappa shape index (κ3) is 2.39. The molecule has 1 aromatic rings. The number of hydrogen-bond donors (Lipinski definition) is 1. The summed E-state index contributed by atoms with van der Waals surface area (Å²) in [7, 11) is 0. The lowest BCUT2D eigenvalue weighted by Crippen LogP contribution is -2.27. The molecule has 0 unspecified atom stereocenters. The summed E-state index contributed by atoms with van der Waals surface area (Å²) in [5.41, 5.74) is 2.65. The molecule has 0 spiro atoms. The molecule has 0 bridgehead atoms. The first-order valence-electron chi connectivity index (χ1n) is 7.14. The van der Waals surface area contributed by atoms with Crippen molar-refractivity contribution < 1.29 is 4.74 Å². The Morgan fingerprint density at radius 3 is 2.89 bits per heavy atom. The van der Waals surface area contributed by atoms with Crippen LogP contribution in [-0.2, 0) is 13.0 Å². The van der Waals surface area contributed by atoms with E-state index in [1.165, 1.54) is 30.4 Å². The first kappa shape index (κ1) is 12.0. The van der Waals surface area contributed by atoms with Crippen LogP contribution in [-0.4, -0.2) is 12.1 Å². The van der Waals surface area contributed by atoms with Crippen molar-refractivity contribution in [1.29, 1.82) is 0 Å². The molecule has 2 heteroatoms. The lowest BCUT2D eigenvalue weighted by molar-refractivity contribution is 0.137. The Balaban J connectivity index is 1.64. The van der Waals surface area contributed by atoms with E-state index in [-0.39, 0.29) is 5.60 Å². The zero-order chi connectivity index (χ0) is 12.6. The number of rotatable bonds is 4. The van der Waals surface area contributed by atoms with E-state index in [0.29, 0.717) is 0 Å². The molecule has 2 aliphatic rings. The number of nitrogens with one attached hydrogen (secondary N) is 1. The molecule has 1 aliphatic heterocycles. The summed E-state index contributed by atoms with van der Waals surface area (Å²) in [6.45, 7) is 6.43. The van der Waals surface area contributed by atoms with Crippen LogP contribution in [0.5, 0.6) is 5.75 Å². The number of fused-ring (bicyclic) bond motifs is 1. The summed E-state index contributed by atoms with van der Waals surface area (Å²) < 4.78 is 6.08. The zero-order valence-corrected chi connectivity index (χ0v) is 11.5. The Kier molecular flexibility index (Phi) is 3.06. The first-order chi connectivity index (χ1) is 8.64. The van der Waals surface area contributed by atoms with Gasteiger partial charge in [0.2, 0.25) is 0 Å². The highest BCUT2D eigenvalue weighted by Crippen LogP contribution is 2.37. The van der Waals surface area contributed by atoms with E-state index < -0.39 is 0 Å². The molecule has 1 N–H and O–H groups in total. The zero-order valence-electron chi connectivity index (χ0n) is 11.5. The highest BCUT2D eigenvalue weighted by molar-refractivity contribution is 5.45. The van der Waals surface area contributed by atoms with Gasteiger partial charge in [0, 0.05) is 18.5 Å². The third-order valence-corrected chi connectivity index (χ3v) is 4.15. The molecule has 0 radical (unpaired) electrons. The number of benzene rings is 1. The molecular formula is C16H23NO. The molecule has 0 saturated heterocycles. The number of hydrogen-bond acceptors (Lipinski definition) is 2. The Morgan fingerprint density at radius 2 is 2.17 bits per heavy atom. The number of ether oxygens (including phenoxy) is 1. The van der Waals surface area contributed by atoms with Crippen molar-refractivity contribution in [3.8, 4) is 5.75 Å². The van der Waals surface area contributed by atoms with Gasteiger partial charge in [-0.25, -0.2) is 0 Å². The lowest BCUT2D eigenvalue weighted by atomic mass is 9.85. The Hall–Kier alpha value is -1.02. The maximum absolute atomic E-state index is 6.08. The van der Waals surface area contributed by atoms with Crippen LogP contribution in [0.1, 0.15) is 44.2 Å². The molecule has 1 fully saturated rings. The van der Waals surface area contributed by atoms with Crippen molar-refractivity contribution >= 4 is 0 Å². The summed E-state index contributed by atoms with van der Waals surface area (Å²) in [6, 6.07) is 6.54. The van der Waals surface area contributed by atoms with Gasteiger partial charge in [-0.1, -0.05) is 24.6 Å². The van der Waals surface area contributed by atoms with Gasteiger partial charge in [0.1, 0.15) is 11.4 Å². The maximum atomic E-state index is 6.08. The van der Waals surface area contributed by atoms with Crippen LogP contribution in [0.15, 0.2) is 18.2 Å². The van der Waals surface area contributed by atoms with Crippen molar-refractivity contribution in [3.05, 3.63) is 29.3 Å². The van der Waals surface area contributed by atoms with Crippen LogP contribution >= 0.6 is 0 Å². The molecule has 0 aromatic heterocycles. The van der Waals surface area contributed by atoms with Gasteiger partial charge < -0.3 is 10.1 Å². The van der Waals surface area contributed by atoms with Gasteiger partial charge in [-0.3, -0.25) is 0 Å². The van der Waals surface area contributed by atoms with Gasteiger partial charge in [-0.05, 0) is 44.7 Å². The van der Waals surface area contributed by atoms with Crippen molar-refractivity contribution in [2.75, 3.05) is 6.54 Å². The highest BCUT2D eigenvalue weighted by Gasteiger charge is 2.31. The minimum Gasteiger partial charge on any atom is -0.487 e. The molecule has 1 aliphatic carbocycles. The standard InChI is InChI=1S/C16H23NO/c1-16(2)9-13-7-4-8-14(15(13)18-16)11-17-10-12-5-3-6-12/h4,7-8,12,17H,3,5-6,9-11H2,1-2H3. The van der Waals surface area contributed by atoms with Crippen LogP contribution in [0.4, 0.5) is 0 Å². The molecule has 1 heterocycles. The molecule has 1 saturated carbocycles. The Labute approximate surface area is 110 Å². The molecule has 0 amide bonds. The normalized spacial score (nSPS) is 21.2. The minimum absolute atomic E-state index is 0.0353. The smallest absolute Gasteiger partial charge is 0.127 e. The second kappa shape index (κ2) is 4.58. The molecule has 0 atom stereocenters. The third-order valence-electron chi connectivity index (χ3n) is 4.15. The quantitative estimate of drug-likeness (QED) is 0.879. The summed E-state index contributed by atoms with van der Waals surface area (Å²) in [6.07, 6.45) is 5.26. The first-order valence-corrected chi connectivity index (χ1v) is 7.14. The van der Waals surface area contributed by atoms with Gasteiger partial charge in [0.25, 0.3) is 0 Å². The maximum Gasteiger partial charge on any atom is 0.127 e. The molecule has 98 valence electrons. The van der Waals surface area contributed by atoms with Gasteiger partial charge >= 0.3 is 0 Å². The fraction of sp³-hybridized carbons (Fsp3) is 0.625. The summed E-state index contributed by atoms with van der Waals surface area (Å²) in [4.78, 5) is 0. The topological polar surface area (TPSA) is 21.3 Å². The predicted octanol–water partition coefficient (Wildman–Crippen LogP) is 3.29. The summed E-state index contributed by atoms with van der Waals surface area (Å²) in [5, 5.41) is 3.58. The fourth-order valence-electron chi connectivity index (χ4n) is 2.93. The molecule has 3 rings (SSSR count). The van der Waals surface area contributed by atoms with E-state index >= 15 is 0 Å². The highest BCUT2D eigenvalue weighted by atomic mass is 16.5. The summed E-state index contributed by atoms with van der Waals surface area (Å²) in [5.74, 6) is 2.04. The van der Waals surface area contributed by atoms with Crippen LogP contribution in [0.3, 0.4) is 0 Å². The summed E-state index contributed by atoms with van der Waals surface area (Å²) >= 11 is 0. The largest absolute Gasteiger partial charge is 0.487 e. The number of para-hydroxylation sites is 1. The average Bonchev–Trinajstić information content (AvgIpc) is 2.56. The SMILES string of the molecule is CC1(C)Cc2cccc(CNCC3CCC3)c2O1. The Bertz CT molecular complexity index is 435. The van der Waals surface area contributed by atoms with E-state index in [9.17, 15) is 0 Å². The lowest BCUT2D eigenvalue weighted by Gasteiger charge is -2.25. The van der Waals surface area contributed by atoms with E-state index in [2.05, 4.69) is 37.4 Å². The van der Waals surface area contributed by atoms with E-state index in [4.69, 9.17) is 4.74 Å². The van der Waals surface area contributed by atoms with Gasteiger partial charge in [0.05, 0.1) is 0 Å².